The van der Waals surface area contributed by atoms with E-state index in [9.17, 15) is 9.90 Å². The van der Waals surface area contributed by atoms with Gasteiger partial charge in [0, 0.05) is 30.3 Å². The van der Waals surface area contributed by atoms with Gasteiger partial charge in [0.1, 0.15) is 11.5 Å². The van der Waals surface area contributed by atoms with E-state index in [4.69, 9.17) is 15.5 Å². The third-order valence-electron chi connectivity index (χ3n) is 5.57. The Hall–Kier alpha value is -3.29. The molecule has 1 aromatic heterocycles. The highest BCUT2D eigenvalue weighted by atomic mass is 16.5. The monoisotopic (exact) mass is 418 g/mol. The molecule has 0 spiro atoms. The molecule has 0 radical (unpaired) electrons. The average molecular weight is 418 g/mol. The maximum absolute atomic E-state index is 12.7. The van der Waals surface area contributed by atoms with Crippen molar-refractivity contribution >= 4 is 11.7 Å². The Morgan fingerprint density at radius 2 is 1.84 bits per heavy atom. The van der Waals surface area contributed by atoms with Crippen molar-refractivity contribution in [3.05, 3.63) is 77.6 Å². The summed E-state index contributed by atoms with van der Waals surface area (Å²) in [6.07, 6.45) is 3.59. The summed E-state index contributed by atoms with van der Waals surface area (Å²) in [6.45, 7) is 1.28. The van der Waals surface area contributed by atoms with E-state index >= 15 is 0 Å². The van der Waals surface area contributed by atoms with Crippen LogP contribution in [0.1, 0.15) is 46.4 Å². The number of benzene rings is 2. The molecule has 1 atom stereocenters. The summed E-state index contributed by atoms with van der Waals surface area (Å²) in [5.41, 5.74) is 9.77. The van der Waals surface area contributed by atoms with E-state index in [1.165, 1.54) is 0 Å². The first kappa shape index (κ1) is 21.0. The molecule has 1 saturated heterocycles. The quantitative estimate of drug-likeness (QED) is 0.567. The van der Waals surface area contributed by atoms with Crippen molar-refractivity contribution in [2.24, 2.45) is 0 Å². The summed E-state index contributed by atoms with van der Waals surface area (Å²) < 4.78 is 5.43. The van der Waals surface area contributed by atoms with Gasteiger partial charge < -0.3 is 20.9 Å². The van der Waals surface area contributed by atoms with E-state index in [0.717, 1.165) is 42.9 Å². The maximum atomic E-state index is 12.7. The van der Waals surface area contributed by atoms with E-state index in [0.29, 0.717) is 23.0 Å². The van der Waals surface area contributed by atoms with Crippen LogP contribution >= 0.6 is 0 Å². The second-order valence-electron chi connectivity index (χ2n) is 7.61. The molecular weight excluding hydrogens is 392 g/mol. The van der Waals surface area contributed by atoms with Crippen LogP contribution in [0, 0.1) is 0 Å². The van der Waals surface area contributed by atoms with Crippen LogP contribution in [-0.4, -0.2) is 40.8 Å². The first-order valence-electron chi connectivity index (χ1n) is 10.4. The van der Waals surface area contributed by atoms with Crippen molar-refractivity contribution in [3.8, 4) is 11.3 Å². The molecule has 31 heavy (non-hydrogen) atoms. The molecule has 0 aliphatic carbocycles. The Balaban J connectivity index is 1.51. The fourth-order valence-corrected chi connectivity index (χ4v) is 3.76. The third kappa shape index (κ3) is 4.90. The zero-order valence-corrected chi connectivity index (χ0v) is 17.2. The van der Waals surface area contributed by atoms with Gasteiger partial charge in [-0.05, 0) is 30.5 Å². The lowest BCUT2D eigenvalue weighted by Gasteiger charge is -2.22. The second-order valence-corrected chi connectivity index (χ2v) is 7.61. The molecule has 0 saturated carbocycles. The van der Waals surface area contributed by atoms with E-state index < -0.39 is 6.04 Å². The minimum atomic E-state index is -0.467. The number of nitrogen functional groups attached to an aromatic ring is 1. The maximum Gasteiger partial charge on any atom is 0.251 e. The number of aromatic nitrogens is 2. The Morgan fingerprint density at radius 3 is 2.52 bits per heavy atom. The lowest BCUT2D eigenvalue weighted by molar-refractivity contribution is 0.0844. The summed E-state index contributed by atoms with van der Waals surface area (Å²) in [5.74, 6) is 0.418. The van der Waals surface area contributed by atoms with Gasteiger partial charge in [0.05, 0.1) is 24.5 Å². The number of anilines is 1. The Labute approximate surface area is 181 Å². The summed E-state index contributed by atoms with van der Waals surface area (Å²) in [5, 5.41) is 12.5. The van der Waals surface area contributed by atoms with E-state index in [2.05, 4.69) is 10.3 Å². The highest BCUT2D eigenvalue weighted by molar-refractivity contribution is 5.95. The van der Waals surface area contributed by atoms with Gasteiger partial charge >= 0.3 is 0 Å². The number of carbonyl (C=O) groups excluding carboxylic acids is 1. The number of nitrogens with one attached hydrogen (secondary N) is 1. The van der Waals surface area contributed by atoms with Gasteiger partial charge in [-0.15, -0.1) is 0 Å². The summed E-state index contributed by atoms with van der Waals surface area (Å²) >= 11 is 0. The minimum absolute atomic E-state index is 0.182. The highest BCUT2D eigenvalue weighted by Gasteiger charge is 2.20. The Kier molecular flexibility index (Phi) is 6.54. The number of hydrogen-bond acceptors (Lipinski definition) is 6. The van der Waals surface area contributed by atoms with Crippen molar-refractivity contribution in [2.75, 3.05) is 25.6 Å². The summed E-state index contributed by atoms with van der Waals surface area (Å²) in [6, 6.07) is 16.0. The number of amides is 1. The van der Waals surface area contributed by atoms with E-state index in [-0.39, 0.29) is 12.5 Å². The standard InChI is InChI=1S/C24H26N4O3/c25-23-22(27-20(14-26-23)17-10-12-31-13-11-17)18-6-8-19(9-7-18)24(30)28-21(15-29)16-4-2-1-3-5-16/h1-9,14,17,21,29H,10-13,15H2,(H2,25,26)(H,28,30). The van der Waals surface area contributed by atoms with Crippen LogP contribution < -0.4 is 11.1 Å². The van der Waals surface area contributed by atoms with Gasteiger partial charge in [0.25, 0.3) is 5.91 Å². The van der Waals surface area contributed by atoms with Crippen LogP contribution in [0.4, 0.5) is 5.82 Å². The zero-order chi connectivity index (χ0) is 21.6. The molecule has 4 rings (SSSR count). The molecule has 0 bridgehead atoms. The molecule has 7 heteroatoms. The van der Waals surface area contributed by atoms with Crippen LogP contribution in [0.3, 0.4) is 0 Å². The number of aliphatic hydroxyl groups excluding tert-OH is 1. The van der Waals surface area contributed by atoms with Crippen LogP contribution in [0.15, 0.2) is 60.8 Å². The largest absolute Gasteiger partial charge is 0.394 e. The number of hydrogen-bond donors (Lipinski definition) is 3. The van der Waals surface area contributed by atoms with Gasteiger partial charge in [-0.3, -0.25) is 4.79 Å². The smallest absolute Gasteiger partial charge is 0.251 e. The number of nitrogens with two attached hydrogens (primary N) is 1. The van der Waals surface area contributed by atoms with Crippen molar-refractivity contribution < 1.29 is 14.6 Å². The van der Waals surface area contributed by atoms with Crippen LogP contribution in [0.5, 0.6) is 0 Å². The molecular formula is C24H26N4O3. The van der Waals surface area contributed by atoms with Crippen molar-refractivity contribution in [1.82, 2.24) is 15.3 Å². The molecule has 1 amide bonds. The van der Waals surface area contributed by atoms with Gasteiger partial charge in [-0.25, -0.2) is 9.97 Å². The highest BCUT2D eigenvalue weighted by Crippen LogP contribution is 2.29. The molecule has 1 aliphatic rings. The minimum Gasteiger partial charge on any atom is -0.394 e. The van der Waals surface area contributed by atoms with Crippen molar-refractivity contribution in [3.63, 3.8) is 0 Å². The number of rotatable bonds is 6. The molecule has 2 heterocycles. The molecule has 7 nitrogen and oxygen atoms in total. The number of carbonyl (C=O) groups is 1. The zero-order valence-electron chi connectivity index (χ0n) is 17.2. The lowest BCUT2D eigenvalue weighted by Crippen LogP contribution is -2.30. The predicted molar refractivity (Wildman–Crippen MR) is 118 cm³/mol. The average Bonchev–Trinajstić information content (AvgIpc) is 2.84. The summed E-state index contributed by atoms with van der Waals surface area (Å²) in [4.78, 5) is 21.8. The summed E-state index contributed by atoms with van der Waals surface area (Å²) in [7, 11) is 0. The third-order valence-corrected chi connectivity index (χ3v) is 5.57. The van der Waals surface area contributed by atoms with Crippen molar-refractivity contribution in [2.45, 2.75) is 24.8 Å². The van der Waals surface area contributed by atoms with Gasteiger partial charge in [-0.2, -0.15) is 0 Å². The molecule has 1 unspecified atom stereocenters. The van der Waals surface area contributed by atoms with Crippen LogP contribution in [-0.2, 0) is 4.74 Å². The molecule has 2 aromatic carbocycles. The predicted octanol–water partition coefficient (Wildman–Crippen LogP) is 3.08. The number of aliphatic hydroxyl groups is 1. The molecule has 4 N–H and O–H groups in total. The van der Waals surface area contributed by atoms with Gasteiger partial charge in [0.2, 0.25) is 0 Å². The topological polar surface area (TPSA) is 110 Å². The number of ether oxygens (including phenoxy) is 1. The molecule has 160 valence electrons. The lowest BCUT2D eigenvalue weighted by atomic mass is 9.96. The van der Waals surface area contributed by atoms with Gasteiger partial charge in [-0.1, -0.05) is 42.5 Å². The molecule has 1 fully saturated rings. The second kappa shape index (κ2) is 9.68. The Morgan fingerprint density at radius 1 is 1.13 bits per heavy atom. The molecule has 1 aliphatic heterocycles. The Bertz CT molecular complexity index is 1020. The van der Waals surface area contributed by atoms with Crippen LogP contribution in [0.25, 0.3) is 11.3 Å². The number of nitrogens with zero attached hydrogens (tertiary/aromatic N) is 2. The normalized spacial score (nSPS) is 15.4. The fourth-order valence-electron chi connectivity index (χ4n) is 3.76. The van der Waals surface area contributed by atoms with Gasteiger partial charge in [0.15, 0.2) is 0 Å². The SMILES string of the molecule is Nc1ncc(C2CCOCC2)nc1-c1ccc(C(=O)NC(CO)c2ccccc2)cc1. The van der Waals surface area contributed by atoms with E-state index in [1.54, 1.807) is 18.3 Å². The fraction of sp³-hybridized carbons (Fsp3) is 0.292. The first-order valence-corrected chi connectivity index (χ1v) is 10.4. The molecule has 3 aromatic rings. The van der Waals surface area contributed by atoms with Crippen LogP contribution in [0.2, 0.25) is 0 Å². The van der Waals surface area contributed by atoms with E-state index in [1.807, 2.05) is 42.5 Å². The van der Waals surface area contributed by atoms with Crippen molar-refractivity contribution in [1.29, 1.82) is 0 Å². The first-order chi connectivity index (χ1) is 15.2.